The third kappa shape index (κ3) is 3.06. The third-order valence-corrected chi connectivity index (χ3v) is 4.94. The minimum absolute atomic E-state index is 0.0551. The van der Waals surface area contributed by atoms with Crippen LogP contribution in [0, 0.1) is 13.8 Å². The van der Waals surface area contributed by atoms with Crippen LogP contribution in [0.25, 0.3) is 0 Å². The largest absolute Gasteiger partial charge is 0.460 e. The molecule has 7 nitrogen and oxygen atoms in total. The number of ether oxygens (including phenoxy) is 1. The SMILES string of the molecule is Cc1nn(CC(=O)OC2CCS(=O)(=O)C2)c(C)c1N. The van der Waals surface area contributed by atoms with E-state index in [-0.39, 0.29) is 18.1 Å². The number of anilines is 1. The summed E-state index contributed by atoms with van der Waals surface area (Å²) in [5, 5.41) is 4.13. The lowest BCUT2D eigenvalue weighted by atomic mass is 10.3. The smallest absolute Gasteiger partial charge is 0.328 e. The Labute approximate surface area is 111 Å². The molecule has 0 radical (unpaired) electrons. The second-order valence-electron chi connectivity index (χ2n) is 4.76. The van der Waals surface area contributed by atoms with E-state index in [0.29, 0.717) is 23.5 Å². The van der Waals surface area contributed by atoms with Crippen LogP contribution >= 0.6 is 0 Å². The first-order chi connectivity index (χ1) is 8.78. The van der Waals surface area contributed by atoms with Gasteiger partial charge in [0.15, 0.2) is 9.84 Å². The number of carbonyl (C=O) groups is 1. The van der Waals surface area contributed by atoms with Gasteiger partial charge in [-0.2, -0.15) is 5.10 Å². The van der Waals surface area contributed by atoms with Crippen molar-refractivity contribution in [3.05, 3.63) is 11.4 Å². The highest BCUT2D eigenvalue weighted by Gasteiger charge is 2.30. The van der Waals surface area contributed by atoms with Gasteiger partial charge >= 0.3 is 5.97 Å². The van der Waals surface area contributed by atoms with Gasteiger partial charge in [-0.3, -0.25) is 9.48 Å². The molecule has 19 heavy (non-hydrogen) atoms. The monoisotopic (exact) mass is 287 g/mol. The first-order valence-electron chi connectivity index (χ1n) is 5.98. The molecular formula is C11H17N3O4S. The Morgan fingerprint density at radius 1 is 1.53 bits per heavy atom. The minimum Gasteiger partial charge on any atom is -0.460 e. The molecule has 1 saturated heterocycles. The minimum atomic E-state index is -3.04. The lowest BCUT2D eigenvalue weighted by molar-refractivity contribution is -0.148. The van der Waals surface area contributed by atoms with Crippen LogP contribution in [0.15, 0.2) is 0 Å². The molecule has 106 valence electrons. The normalized spacial score (nSPS) is 21.5. The Bertz CT molecular complexity index is 606. The molecule has 1 fully saturated rings. The molecule has 1 atom stereocenters. The number of nitrogens with two attached hydrogens (primary N) is 1. The standard InChI is InChI=1S/C11H17N3O4S/c1-7-11(12)8(2)14(13-7)5-10(15)18-9-3-4-19(16,17)6-9/h9H,3-6,12H2,1-2H3. The van der Waals surface area contributed by atoms with E-state index in [1.54, 1.807) is 13.8 Å². The Hall–Kier alpha value is -1.57. The maximum absolute atomic E-state index is 11.7. The fourth-order valence-electron chi connectivity index (χ4n) is 2.06. The van der Waals surface area contributed by atoms with Gasteiger partial charge in [0.2, 0.25) is 0 Å². The summed E-state index contributed by atoms with van der Waals surface area (Å²) in [5.41, 5.74) is 7.68. The molecule has 1 aliphatic rings. The summed E-state index contributed by atoms with van der Waals surface area (Å²) in [5.74, 6) is -0.497. The average molecular weight is 287 g/mol. The predicted molar refractivity (Wildman–Crippen MR) is 69.3 cm³/mol. The van der Waals surface area contributed by atoms with Gasteiger partial charge in [-0.1, -0.05) is 0 Å². The van der Waals surface area contributed by atoms with Gasteiger partial charge in [0.1, 0.15) is 12.6 Å². The topological polar surface area (TPSA) is 104 Å². The number of sulfone groups is 1. The second-order valence-corrected chi connectivity index (χ2v) is 6.99. The summed E-state index contributed by atoms with van der Waals surface area (Å²) in [4.78, 5) is 11.7. The van der Waals surface area contributed by atoms with Crippen molar-refractivity contribution >= 4 is 21.5 Å². The Morgan fingerprint density at radius 2 is 2.21 bits per heavy atom. The number of aryl methyl sites for hydroxylation is 1. The van der Waals surface area contributed by atoms with E-state index in [1.807, 2.05) is 0 Å². The van der Waals surface area contributed by atoms with Gasteiger partial charge in [0.25, 0.3) is 0 Å². The first-order valence-corrected chi connectivity index (χ1v) is 7.80. The number of hydrogen-bond donors (Lipinski definition) is 1. The zero-order chi connectivity index (χ0) is 14.2. The molecule has 2 heterocycles. The predicted octanol–water partition coefficient (Wildman–Crippen LogP) is -0.188. The molecule has 1 aromatic rings. The molecular weight excluding hydrogens is 270 g/mol. The maximum Gasteiger partial charge on any atom is 0.328 e. The number of hydrogen-bond acceptors (Lipinski definition) is 6. The van der Waals surface area contributed by atoms with Crippen molar-refractivity contribution in [1.29, 1.82) is 0 Å². The summed E-state index contributed by atoms with van der Waals surface area (Å²) in [6, 6.07) is 0. The summed E-state index contributed by atoms with van der Waals surface area (Å²) < 4.78 is 29.1. The van der Waals surface area contributed by atoms with Crippen molar-refractivity contribution in [1.82, 2.24) is 9.78 Å². The molecule has 0 bridgehead atoms. The van der Waals surface area contributed by atoms with Crippen LogP contribution in [0.2, 0.25) is 0 Å². The van der Waals surface area contributed by atoms with E-state index in [2.05, 4.69) is 5.10 Å². The number of carbonyl (C=O) groups excluding carboxylic acids is 1. The fourth-order valence-corrected chi connectivity index (χ4v) is 3.65. The van der Waals surface area contributed by atoms with Gasteiger partial charge in [0, 0.05) is 0 Å². The third-order valence-electron chi connectivity index (χ3n) is 3.21. The Morgan fingerprint density at radius 3 is 2.68 bits per heavy atom. The van der Waals surface area contributed by atoms with Gasteiger partial charge in [-0.15, -0.1) is 0 Å². The van der Waals surface area contributed by atoms with Crippen LogP contribution in [-0.4, -0.2) is 41.8 Å². The molecule has 8 heteroatoms. The van der Waals surface area contributed by atoms with Crippen LogP contribution in [-0.2, 0) is 25.9 Å². The number of aromatic nitrogens is 2. The summed E-state index contributed by atoms with van der Waals surface area (Å²) >= 11 is 0. The average Bonchev–Trinajstić information content (AvgIpc) is 2.75. The summed E-state index contributed by atoms with van der Waals surface area (Å²) in [7, 11) is -3.04. The zero-order valence-electron chi connectivity index (χ0n) is 10.9. The molecule has 1 unspecified atom stereocenters. The highest BCUT2D eigenvalue weighted by molar-refractivity contribution is 7.91. The number of rotatable bonds is 3. The van der Waals surface area contributed by atoms with E-state index in [0.717, 1.165) is 0 Å². The zero-order valence-corrected chi connectivity index (χ0v) is 11.7. The van der Waals surface area contributed by atoms with E-state index < -0.39 is 21.9 Å². The van der Waals surface area contributed by atoms with Crippen molar-refractivity contribution in [3.63, 3.8) is 0 Å². The van der Waals surface area contributed by atoms with E-state index in [1.165, 1.54) is 4.68 Å². The number of nitrogen functional groups attached to an aromatic ring is 1. The van der Waals surface area contributed by atoms with Crippen LogP contribution in [0.5, 0.6) is 0 Å². The van der Waals surface area contributed by atoms with E-state index in [4.69, 9.17) is 10.5 Å². The van der Waals surface area contributed by atoms with Gasteiger partial charge < -0.3 is 10.5 Å². The molecule has 1 aliphatic heterocycles. The highest BCUT2D eigenvalue weighted by atomic mass is 32.2. The second kappa shape index (κ2) is 4.84. The van der Waals surface area contributed by atoms with Crippen LogP contribution in [0.1, 0.15) is 17.8 Å². The molecule has 2 N–H and O–H groups in total. The van der Waals surface area contributed by atoms with Gasteiger partial charge in [-0.25, -0.2) is 8.42 Å². The molecule has 0 saturated carbocycles. The van der Waals surface area contributed by atoms with Crippen molar-refractivity contribution in [3.8, 4) is 0 Å². The van der Waals surface area contributed by atoms with E-state index >= 15 is 0 Å². The highest BCUT2D eigenvalue weighted by Crippen LogP contribution is 2.17. The molecule has 0 amide bonds. The lowest BCUT2D eigenvalue weighted by Gasteiger charge is -2.10. The molecule has 2 rings (SSSR count). The van der Waals surface area contributed by atoms with E-state index in [9.17, 15) is 13.2 Å². The first kappa shape index (κ1) is 13.9. The number of nitrogens with zero attached hydrogens (tertiary/aromatic N) is 2. The molecule has 1 aromatic heterocycles. The van der Waals surface area contributed by atoms with Gasteiger partial charge in [0.05, 0.1) is 28.6 Å². The molecule has 0 aromatic carbocycles. The van der Waals surface area contributed by atoms with Crippen molar-refractivity contribution in [2.75, 3.05) is 17.2 Å². The van der Waals surface area contributed by atoms with Crippen LogP contribution < -0.4 is 5.73 Å². The lowest BCUT2D eigenvalue weighted by Crippen LogP contribution is -2.23. The Balaban J connectivity index is 1.97. The number of esters is 1. The van der Waals surface area contributed by atoms with Crippen LogP contribution in [0.4, 0.5) is 5.69 Å². The van der Waals surface area contributed by atoms with Crippen molar-refractivity contribution in [2.45, 2.75) is 32.9 Å². The fraction of sp³-hybridized carbons (Fsp3) is 0.636. The summed E-state index contributed by atoms with van der Waals surface area (Å²) in [6.07, 6.45) is -0.167. The Kier molecular flexibility index (Phi) is 3.53. The molecule has 0 aliphatic carbocycles. The maximum atomic E-state index is 11.7. The molecule has 0 spiro atoms. The van der Waals surface area contributed by atoms with Crippen LogP contribution in [0.3, 0.4) is 0 Å². The van der Waals surface area contributed by atoms with Gasteiger partial charge in [-0.05, 0) is 20.3 Å². The quantitative estimate of drug-likeness (QED) is 0.773. The summed E-state index contributed by atoms with van der Waals surface area (Å²) in [6.45, 7) is 3.47. The van der Waals surface area contributed by atoms with Crippen molar-refractivity contribution in [2.24, 2.45) is 0 Å². The van der Waals surface area contributed by atoms with Crippen molar-refractivity contribution < 1.29 is 17.9 Å².